The highest BCUT2D eigenvalue weighted by atomic mass is 16.4. The van der Waals surface area contributed by atoms with Crippen molar-refractivity contribution in [3.63, 3.8) is 0 Å². The highest BCUT2D eigenvalue weighted by Crippen LogP contribution is 2.12. The Bertz CT molecular complexity index is 310. The van der Waals surface area contributed by atoms with E-state index in [1.54, 1.807) is 0 Å². The SMILES string of the molecule is CCCCCCCC(=O)[O-].CCCCCCCCCCCCCC[N+](C)(C)C. The zero-order chi connectivity index (χ0) is 21.5. The molecule has 0 heterocycles. The summed E-state index contributed by atoms with van der Waals surface area (Å²) in [4.78, 5) is 9.92. The van der Waals surface area contributed by atoms with Gasteiger partial charge in [0.05, 0.1) is 27.7 Å². The summed E-state index contributed by atoms with van der Waals surface area (Å²) in [5.74, 6) is -0.920. The van der Waals surface area contributed by atoms with Gasteiger partial charge in [-0.2, -0.15) is 0 Å². The molecule has 0 spiro atoms. The molecule has 0 aliphatic rings. The smallest absolute Gasteiger partial charge is 0.0780 e. The lowest BCUT2D eigenvalue weighted by molar-refractivity contribution is -0.870. The monoisotopic (exact) mass is 399 g/mol. The Kier molecular flexibility index (Phi) is 24.0. The second kappa shape index (κ2) is 22.7. The van der Waals surface area contributed by atoms with E-state index >= 15 is 0 Å². The molecule has 0 aromatic carbocycles. The van der Waals surface area contributed by atoms with E-state index in [4.69, 9.17) is 0 Å². The Morgan fingerprint density at radius 3 is 1.21 bits per heavy atom. The molecule has 0 radical (unpaired) electrons. The van der Waals surface area contributed by atoms with Crippen LogP contribution in [0.15, 0.2) is 0 Å². The molecule has 3 heteroatoms. The van der Waals surface area contributed by atoms with Crippen LogP contribution < -0.4 is 5.11 Å². The molecular weight excluding hydrogens is 346 g/mol. The van der Waals surface area contributed by atoms with E-state index in [1.165, 1.54) is 96.4 Å². The number of nitrogens with zero attached hydrogens (tertiary/aromatic N) is 1. The average Bonchev–Trinajstić information content (AvgIpc) is 2.62. The van der Waals surface area contributed by atoms with Gasteiger partial charge in [0, 0.05) is 5.97 Å². The van der Waals surface area contributed by atoms with Gasteiger partial charge in [0.2, 0.25) is 0 Å². The molecule has 0 unspecified atom stereocenters. The van der Waals surface area contributed by atoms with Gasteiger partial charge in [0.15, 0.2) is 0 Å². The normalized spacial score (nSPS) is 11.2. The summed E-state index contributed by atoms with van der Waals surface area (Å²) < 4.78 is 1.12. The Balaban J connectivity index is 0. The van der Waals surface area contributed by atoms with Gasteiger partial charge >= 0.3 is 0 Å². The maximum Gasteiger partial charge on any atom is 0.0780 e. The Morgan fingerprint density at radius 2 is 0.893 bits per heavy atom. The van der Waals surface area contributed by atoms with E-state index in [0.29, 0.717) is 0 Å². The number of quaternary nitrogens is 1. The minimum absolute atomic E-state index is 0.226. The summed E-state index contributed by atoms with van der Waals surface area (Å²) in [6.07, 6.45) is 23.0. The zero-order valence-electron chi connectivity index (χ0n) is 20.2. The third-order valence-electron chi connectivity index (χ3n) is 5.17. The number of carbonyl (C=O) groups excluding carboxylic acids is 1. The fraction of sp³-hybridized carbons (Fsp3) is 0.960. The first-order chi connectivity index (χ1) is 13.3. The molecule has 0 N–H and O–H groups in total. The topological polar surface area (TPSA) is 40.1 Å². The number of aliphatic carboxylic acids is 1. The molecule has 0 bridgehead atoms. The van der Waals surface area contributed by atoms with Crippen molar-refractivity contribution in [1.29, 1.82) is 0 Å². The van der Waals surface area contributed by atoms with Gasteiger partial charge in [-0.05, 0) is 25.7 Å². The maximum atomic E-state index is 9.92. The van der Waals surface area contributed by atoms with Crippen LogP contribution in [0.3, 0.4) is 0 Å². The fourth-order valence-electron chi connectivity index (χ4n) is 3.30. The van der Waals surface area contributed by atoms with Gasteiger partial charge < -0.3 is 14.4 Å². The number of unbranched alkanes of at least 4 members (excludes halogenated alkanes) is 15. The summed E-state index contributed by atoms with van der Waals surface area (Å²) >= 11 is 0. The first-order valence-electron chi connectivity index (χ1n) is 12.3. The van der Waals surface area contributed by atoms with Crippen LogP contribution >= 0.6 is 0 Å². The van der Waals surface area contributed by atoms with Crippen molar-refractivity contribution in [3.05, 3.63) is 0 Å². The molecule has 0 aromatic rings. The van der Waals surface area contributed by atoms with Gasteiger partial charge in [-0.25, -0.2) is 0 Å². The third-order valence-corrected chi connectivity index (χ3v) is 5.17. The van der Waals surface area contributed by atoms with Crippen molar-refractivity contribution in [2.24, 2.45) is 0 Å². The van der Waals surface area contributed by atoms with Crippen LogP contribution in [-0.4, -0.2) is 38.1 Å². The molecule has 0 aromatic heterocycles. The molecule has 0 atom stereocenters. The van der Waals surface area contributed by atoms with Crippen molar-refractivity contribution >= 4 is 5.97 Å². The second-order valence-electron chi connectivity index (χ2n) is 9.44. The number of hydrogen-bond donors (Lipinski definition) is 0. The summed E-state index contributed by atoms with van der Waals surface area (Å²) in [6.45, 7) is 5.76. The zero-order valence-corrected chi connectivity index (χ0v) is 20.2. The van der Waals surface area contributed by atoms with Crippen LogP contribution in [0.4, 0.5) is 0 Å². The molecule has 0 fully saturated rings. The summed E-state index contributed by atoms with van der Waals surface area (Å²) in [5.41, 5.74) is 0. The van der Waals surface area contributed by atoms with E-state index in [-0.39, 0.29) is 6.42 Å². The molecule has 3 nitrogen and oxygen atoms in total. The number of carboxylic acids is 1. The second-order valence-corrected chi connectivity index (χ2v) is 9.44. The summed E-state index contributed by atoms with van der Waals surface area (Å²) in [7, 11) is 6.87. The largest absolute Gasteiger partial charge is 0.550 e. The lowest BCUT2D eigenvalue weighted by Crippen LogP contribution is -2.35. The number of rotatable bonds is 19. The Hall–Kier alpha value is -0.570. The molecule has 0 saturated carbocycles. The fourth-order valence-corrected chi connectivity index (χ4v) is 3.30. The van der Waals surface area contributed by atoms with E-state index in [2.05, 4.69) is 35.0 Å². The van der Waals surface area contributed by atoms with Crippen molar-refractivity contribution in [3.8, 4) is 0 Å². The average molecular weight is 400 g/mol. The predicted molar refractivity (Wildman–Crippen MR) is 122 cm³/mol. The molecule has 0 rings (SSSR count). The first kappa shape index (κ1) is 29.6. The minimum atomic E-state index is -0.920. The lowest BCUT2D eigenvalue weighted by atomic mass is 10.1. The van der Waals surface area contributed by atoms with Crippen LogP contribution in [0.2, 0.25) is 0 Å². The van der Waals surface area contributed by atoms with Crippen LogP contribution in [0, 0.1) is 0 Å². The number of carbonyl (C=O) groups is 1. The highest BCUT2D eigenvalue weighted by molar-refractivity contribution is 5.63. The molecule has 170 valence electrons. The molecular formula is C25H53NO2. The van der Waals surface area contributed by atoms with Crippen LogP contribution in [0.5, 0.6) is 0 Å². The number of carboxylic acid groups (broad SMARTS) is 1. The Labute approximate surface area is 177 Å². The number of hydrogen-bond acceptors (Lipinski definition) is 2. The van der Waals surface area contributed by atoms with Crippen molar-refractivity contribution in [1.82, 2.24) is 0 Å². The lowest BCUT2D eigenvalue weighted by Gasteiger charge is -2.23. The molecule has 28 heavy (non-hydrogen) atoms. The van der Waals surface area contributed by atoms with E-state index in [0.717, 1.165) is 23.7 Å². The first-order valence-corrected chi connectivity index (χ1v) is 12.3. The van der Waals surface area contributed by atoms with Crippen LogP contribution in [0.1, 0.15) is 129 Å². The predicted octanol–water partition coefficient (Wildman–Crippen LogP) is 6.49. The van der Waals surface area contributed by atoms with Crippen LogP contribution in [-0.2, 0) is 4.79 Å². The molecule has 0 amide bonds. The van der Waals surface area contributed by atoms with Gasteiger partial charge in [-0.1, -0.05) is 104 Å². The van der Waals surface area contributed by atoms with Gasteiger partial charge in [0.1, 0.15) is 0 Å². The molecule has 0 saturated heterocycles. The summed E-state index contributed by atoms with van der Waals surface area (Å²) in [6, 6.07) is 0. The van der Waals surface area contributed by atoms with Gasteiger partial charge in [-0.3, -0.25) is 0 Å². The van der Waals surface area contributed by atoms with Crippen molar-refractivity contribution in [2.75, 3.05) is 27.7 Å². The van der Waals surface area contributed by atoms with Crippen molar-refractivity contribution < 1.29 is 14.4 Å². The van der Waals surface area contributed by atoms with E-state index in [9.17, 15) is 9.90 Å². The minimum Gasteiger partial charge on any atom is -0.550 e. The van der Waals surface area contributed by atoms with Crippen LogP contribution in [0.25, 0.3) is 0 Å². The Morgan fingerprint density at radius 1 is 0.571 bits per heavy atom. The quantitative estimate of drug-likeness (QED) is 0.184. The summed E-state index contributed by atoms with van der Waals surface area (Å²) in [5, 5.41) is 9.92. The third kappa shape index (κ3) is 33.0. The highest BCUT2D eigenvalue weighted by Gasteiger charge is 2.04. The standard InChI is InChI=1S/C17H38N.C8H16O2/c1-5-6-7-8-9-10-11-12-13-14-15-16-17-18(2,3)4;1-2-3-4-5-6-7-8(9)10/h5-17H2,1-4H3;2-7H2,1H3,(H,9,10)/q+1;/p-1. The molecule has 0 aliphatic carbocycles. The van der Waals surface area contributed by atoms with E-state index in [1.807, 2.05) is 0 Å². The van der Waals surface area contributed by atoms with Crippen molar-refractivity contribution in [2.45, 2.75) is 129 Å². The molecule has 0 aliphatic heterocycles. The van der Waals surface area contributed by atoms with Gasteiger partial charge in [0.25, 0.3) is 0 Å². The van der Waals surface area contributed by atoms with Gasteiger partial charge in [-0.15, -0.1) is 0 Å². The van der Waals surface area contributed by atoms with E-state index < -0.39 is 5.97 Å². The maximum absolute atomic E-state index is 9.92.